The highest BCUT2D eigenvalue weighted by molar-refractivity contribution is 6.34. The van der Waals surface area contributed by atoms with Crippen molar-refractivity contribution in [2.24, 2.45) is 0 Å². The van der Waals surface area contributed by atoms with E-state index in [9.17, 15) is 31.6 Å². The smallest absolute Gasteiger partial charge is 0.0999 e. The topological polar surface area (TPSA) is 178 Å². The lowest BCUT2D eigenvalue weighted by Gasteiger charge is -2.26. The van der Waals surface area contributed by atoms with Crippen LogP contribution in [0.2, 0.25) is 0 Å². The van der Waals surface area contributed by atoms with Crippen molar-refractivity contribution >= 4 is 43.7 Å². The first-order valence-corrected chi connectivity index (χ1v) is 29.7. The summed E-state index contributed by atoms with van der Waals surface area (Å²) < 4.78 is 4.38. The van der Waals surface area contributed by atoms with E-state index >= 15 is 0 Å². The maximum atomic E-state index is 11.8. The fraction of sp³-hybridized carbons (Fsp3) is 0. The summed E-state index contributed by atoms with van der Waals surface area (Å²) in [5.41, 5.74) is 15.8. The van der Waals surface area contributed by atoms with Gasteiger partial charge in [0.15, 0.2) is 0 Å². The third-order valence-corrected chi connectivity index (χ3v) is 17.2. The van der Waals surface area contributed by atoms with Gasteiger partial charge >= 0.3 is 0 Å². The predicted molar refractivity (Wildman–Crippen MR) is 362 cm³/mol. The molecule has 0 fully saturated rings. The Hall–Kier alpha value is -13.7. The molecule has 422 valence electrons. The Balaban J connectivity index is 1.33. The van der Waals surface area contributed by atoms with Gasteiger partial charge in [-0.15, -0.1) is 0 Å². The summed E-state index contributed by atoms with van der Waals surface area (Å²) in [5, 5.41) is 70.7. The first-order valence-electron chi connectivity index (χ1n) is 29.7. The molecule has 0 aliphatic carbocycles. The van der Waals surface area contributed by atoms with Gasteiger partial charge in [0.1, 0.15) is 0 Å². The highest BCUT2D eigenvalue weighted by atomic mass is 15.0. The molecule has 0 amide bonds. The summed E-state index contributed by atoms with van der Waals surface area (Å²) in [7, 11) is 0. The molecule has 0 atom stereocenters. The van der Waals surface area contributed by atoms with Crippen molar-refractivity contribution in [2.75, 3.05) is 0 Å². The molecule has 15 rings (SSSR count). The summed E-state index contributed by atoms with van der Waals surface area (Å²) in [4.78, 5) is 10.5. The molecule has 10 heteroatoms. The highest BCUT2D eigenvalue weighted by Gasteiger charge is 2.37. The zero-order valence-electron chi connectivity index (χ0n) is 48.9. The molecule has 0 saturated heterocycles. The molecule has 0 N–H and O–H groups in total. The fourth-order valence-corrected chi connectivity index (χ4v) is 13.6. The summed E-state index contributed by atoms with van der Waals surface area (Å²) in [6, 6.07) is 97.3. The molecule has 11 aromatic carbocycles. The average molecular weight is 1170 g/mol. The van der Waals surface area contributed by atoms with Crippen LogP contribution < -0.4 is 0 Å². The fourth-order valence-electron chi connectivity index (χ4n) is 13.6. The van der Waals surface area contributed by atoms with Crippen molar-refractivity contribution in [1.29, 1.82) is 31.6 Å². The Morgan fingerprint density at radius 2 is 0.685 bits per heavy atom. The van der Waals surface area contributed by atoms with E-state index in [4.69, 9.17) is 9.97 Å². The number of pyridine rings is 2. The molecule has 4 aromatic heterocycles. The molecule has 92 heavy (non-hydrogen) atoms. The Morgan fingerprint density at radius 3 is 1.16 bits per heavy atom. The van der Waals surface area contributed by atoms with Gasteiger partial charge in [0.25, 0.3) is 0 Å². The Labute approximate surface area is 529 Å². The molecule has 0 bridgehead atoms. The molecule has 15 aromatic rings. The molecule has 0 aliphatic heterocycles. The maximum absolute atomic E-state index is 11.8. The highest BCUT2D eigenvalue weighted by Crippen LogP contribution is 2.61. The first kappa shape index (κ1) is 54.9. The monoisotopic (exact) mass is 1170 g/mol. The second-order valence-electron chi connectivity index (χ2n) is 22.1. The summed E-state index contributed by atoms with van der Waals surface area (Å²) in [6.45, 7) is 0. The minimum absolute atomic E-state index is 0.00454. The number of aromatic nitrogens is 4. The van der Waals surface area contributed by atoms with Gasteiger partial charge in [-0.2, -0.15) is 31.6 Å². The Kier molecular flexibility index (Phi) is 13.6. The number of para-hydroxylation sites is 2. The van der Waals surface area contributed by atoms with Crippen molar-refractivity contribution < 1.29 is 0 Å². The number of benzene rings is 11. The van der Waals surface area contributed by atoms with Crippen LogP contribution in [-0.2, 0) is 0 Å². The first-order chi connectivity index (χ1) is 45.5. The Bertz CT molecular complexity index is 5650. The number of hydrogen-bond donors (Lipinski definition) is 0. The van der Waals surface area contributed by atoms with Crippen molar-refractivity contribution in [3.63, 3.8) is 0 Å². The standard InChI is InChI=1S/C82H44N10/c83-44-51-40-58(46-85)68(59(41-51)47-86)76-73(56-28-13-4-14-29-56)75(65-38-37-63(50-90-65)91-66-35-20-19-34-64(66)80-67(91)36-21-39-89-80)79-78-72(55-26-11-3-12-27-55)70(53-22-7-1-8-23-53)71(54-24-9-2-10-25-54)74(57-30-15-5-16-31-57)81(78)92(62-32-17-6-18-33-62)82(79)77(76)69-60(48-87)42-52(45-84)43-61(69)49-88/h1-43,50H. The van der Waals surface area contributed by atoms with Crippen LogP contribution >= 0.6 is 0 Å². The quantitative estimate of drug-likeness (QED) is 0.130. The van der Waals surface area contributed by atoms with E-state index in [1.54, 1.807) is 6.20 Å². The summed E-state index contributed by atoms with van der Waals surface area (Å²) >= 11 is 0. The van der Waals surface area contributed by atoms with Gasteiger partial charge in [-0.25, -0.2) is 0 Å². The molecule has 10 nitrogen and oxygen atoms in total. The second-order valence-corrected chi connectivity index (χ2v) is 22.1. The van der Waals surface area contributed by atoms with Crippen LogP contribution in [0.4, 0.5) is 0 Å². The number of fused-ring (bicyclic) bond motifs is 6. The van der Waals surface area contributed by atoms with Gasteiger partial charge in [-0.05, 0) is 100 Å². The van der Waals surface area contributed by atoms with E-state index in [0.717, 1.165) is 83.0 Å². The van der Waals surface area contributed by atoms with Gasteiger partial charge in [-0.1, -0.05) is 188 Å². The lowest BCUT2D eigenvalue weighted by Crippen LogP contribution is -2.06. The largest absolute Gasteiger partial charge is 0.308 e. The molecule has 0 aliphatic rings. The number of hydrogen-bond acceptors (Lipinski definition) is 8. The van der Waals surface area contributed by atoms with Crippen LogP contribution in [0.5, 0.6) is 0 Å². The molecule has 0 saturated carbocycles. The van der Waals surface area contributed by atoms with E-state index in [1.165, 1.54) is 24.3 Å². The van der Waals surface area contributed by atoms with Gasteiger partial charge in [0.2, 0.25) is 0 Å². The number of nitriles is 6. The lowest BCUT2D eigenvalue weighted by atomic mass is 9.76. The van der Waals surface area contributed by atoms with Crippen LogP contribution in [0.25, 0.3) is 144 Å². The summed E-state index contributed by atoms with van der Waals surface area (Å²) in [5.74, 6) is 0. The molecular formula is C82H44N10. The van der Waals surface area contributed by atoms with Crippen LogP contribution in [0.15, 0.2) is 267 Å². The average Bonchev–Trinajstić information content (AvgIpc) is 1.47. The number of rotatable bonds is 10. The van der Waals surface area contributed by atoms with Crippen molar-refractivity contribution in [2.45, 2.75) is 0 Å². The van der Waals surface area contributed by atoms with E-state index in [0.29, 0.717) is 50.1 Å². The zero-order valence-corrected chi connectivity index (χ0v) is 48.9. The van der Waals surface area contributed by atoms with Gasteiger partial charge in [0.05, 0.1) is 115 Å². The molecular weight excluding hydrogens is 1120 g/mol. The zero-order chi connectivity index (χ0) is 62.4. The van der Waals surface area contributed by atoms with Gasteiger partial charge in [0, 0.05) is 78.1 Å². The van der Waals surface area contributed by atoms with Gasteiger partial charge < -0.3 is 9.13 Å². The van der Waals surface area contributed by atoms with E-state index in [2.05, 4.69) is 118 Å². The van der Waals surface area contributed by atoms with E-state index in [-0.39, 0.29) is 44.5 Å². The van der Waals surface area contributed by atoms with Crippen LogP contribution in [0.3, 0.4) is 0 Å². The molecule has 0 unspecified atom stereocenters. The van der Waals surface area contributed by atoms with E-state index in [1.807, 2.05) is 164 Å². The molecule has 0 radical (unpaired) electrons. The SMILES string of the molecule is N#Cc1cc(C#N)c(-c2c(-c3ccccc3)c(-c3ccc(-n4c5ccccc5c5ncccc54)cn3)c3c4c(-c5ccccc5)c(-c5ccccc5)c(-c5ccccc5)c(-c5ccccc5)c4n(-c4ccccc4)c3c2-c2c(C#N)cc(C#N)cc2C#N)c(C#N)c1. The molecule has 4 heterocycles. The normalized spacial score (nSPS) is 11.0. The minimum atomic E-state index is -0.00618. The maximum Gasteiger partial charge on any atom is 0.0999 e. The van der Waals surface area contributed by atoms with Crippen molar-refractivity contribution in [1.82, 2.24) is 19.1 Å². The van der Waals surface area contributed by atoms with Crippen LogP contribution in [0.1, 0.15) is 33.4 Å². The third kappa shape index (κ3) is 8.74. The number of nitrogens with zero attached hydrogens (tertiary/aromatic N) is 10. The summed E-state index contributed by atoms with van der Waals surface area (Å²) in [6.07, 6.45) is 3.66. The van der Waals surface area contributed by atoms with Crippen molar-refractivity contribution in [3.8, 4) is 137 Å². The Morgan fingerprint density at radius 1 is 0.283 bits per heavy atom. The predicted octanol–water partition coefficient (Wildman–Crippen LogP) is 19.2. The van der Waals surface area contributed by atoms with E-state index < -0.39 is 0 Å². The van der Waals surface area contributed by atoms with Crippen molar-refractivity contribution in [3.05, 3.63) is 301 Å². The lowest BCUT2D eigenvalue weighted by molar-refractivity contribution is 1.14. The minimum Gasteiger partial charge on any atom is -0.308 e. The third-order valence-electron chi connectivity index (χ3n) is 17.2. The van der Waals surface area contributed by atoms with Crippen LogP contribution in [-0.4, -0.2) is 19.1 Å². The van der Waals surface area contributed by atoms with Crippen LogP contribution in [0, 0.1) is 68.0 Å². The second kappa shape index (κ2) is 22.8. The molecule has 0 spiro atoms. The van der Waals surface area contributed by atoms with Gasteiger partial charge in [-0.3, -0.25) is 9.97 Å².